The molecule has 0 aliphatic carbocycles. The maximum Gasteiger partial charge on any atom is 0.244 e. The number of piperidine rings is 1. The molecule has 1 fully saturated rings. The molecule has 1 amide bonds. The van der Waals surface area contributed by atoms with Crippen molar-refractivity contribution >= 4 is 33.0 Å². The SMILES string of the molecule is Cc1ccc(NC(=O)[C@@H]2CCCN(S(=O)(=O)c3cc(-c4noc(C(C)C)n4)sc3C)C2)c(C)c1. The maximum absolute atomic E-state index is 13.5. The van der Waals surface area contributed by atoms with Crippen molar-refractivity contribution in [3.8, 4) is 10.7 Å². The van der Waals surface area contributed by atoms with Crippen LogP contribution in [0.3, 0.4) is 0 Å². The van der Waals surface area contributed by atoms with Crippen LogP contribution in [0.1, 0.15) is 54.5 Å². The molecule has 4 rings (SSSR count). The van der Waals surface area contributed by atoms with Crippen LogP contribution in [-0.4, -0.2) is 41.9 Å². The fourth-order valence-corrected chi connectivity index (χ4v) is 7.11. The van der Waals surface area contributed by atoms with Gasteiger partial charge < -0.3 is 9.84 Å². The van der Waals surface area contributed by atoms with E-state index in [1.807, 2.05) is 45.9 Å². The second-order valence-electron chi connectivity index (χ2n) is 9.15. The van der Waals surface area contributed by atoms with Crippen molar-refractivity contribution in [2.45, 2.75) is 58.3 Å². The van der Waals surface area contributed by atoms with E-state index in [0.717, 1.165) is 16.8 Å². The van der Waals surface area contributed by atoms with Gasteiger partial charge in [0, 0.05) is 29.6 Å². The monoisotopic (exact) mass is 502 g/mol. The summed E-state index contributed by atoms with van der Waals surface area (Å²) >= 11 is 1.32. The van der Waals surface area contributed by atoms with Gasteiger partial charge in [0.2, 0.25) is 27.6 Å². The molecule has 0 bridgehead atoms. The largest absolute Gasteiger partial charge is 0.339 e. The van der Waals surface area contributed by atoms with E-state index < -0.39 is 15.9 Å². The number of nitrogens with one attached hydrogen (secondary N) is 1. The van der Waals surface area contributed by atoms with Gasteiger partial charge in [0.05, 0.1) is 15.7 Å². The number of carbonyl (C=O) groups excluding carboxylic acids is 1. The Bertz CT molecular complexity index is 1310. The molecule has 3 aromatic rings. The fraction of sp³-hybridized carbons (Fsp3) is 0.458. The zero-order chi connectivity index (χ0) is 24.6. The Balaban J connectivity index is 1.52. The first-order chi connectivity index (χ1) is 16.1. The Morgan fingerprint density at radius 3 is 2.68 bits per heavy atom. The van der Waals surface area contributed by atoms with E-state index >= 15 is 0 Å². The van der Waals surface area contributed by atoms with Crippen molar-refractivity contribution in [2.24, 2.45) is 5.92 Å². The minimum absolute atomic E-state index is 0.0886. The lowest BCUT2D eigenvalue weighted by Crippen LogP contribution is -2.43. The molecule has 1 saturated heterocycles. The van der Waals surface area contributed by atoms with Crippen molar-refractivity contribution in [2.75, 3.05) is 18.4 Å². The lowest BCUT2D eigenvalue weighted by Gasteiger charge is -2.31. The van der Waals surface area contributed by atoms with Crippen LogP contribution >= 0.6 is 11.3 Å². The molecule has 1 N–H and O–H groups in total. The number of aromatic nitrogens is 2. The van der Waals surface area contributed by atoms with Gasteiger partial charge in [0.1, 0.15) is 0 Å². The summed E-state index contributed by atoms with van der Waals surface area (Å²) in [5.41, 5.74) is 2.86. The molecule has 0 saturated carbocycles. The normalized spacial score (nSPS) is 17.3. The Morgan fingerprint density at radius 1 is 1.24 bits per heavy atom. The Hall–Kier alpha value is -2.56. The number of nitrogens with zero attached hydrogens (tertiary/aromatic N) is 3. The van der Waals surface area contributed by atoms with E-state index in [1.54, 1.807) is 13.0 Å². The maximum atomic E-state index is 13.5. The van der Waals surface area contributed by atoms with E-state index in [0.29, 0.717) is 40.9 Å². The minimum atomic E-state index is -3.76. The van der Waals surface area contributed by atoms with Crippen LogP contribution in [0.25, 0.3) is 10.7 Å². The first-order valence-corrected chi connectivity index (χ1v) is 13.6. The van der Waals surface area contributed by atoms with E-state index in [4.69, 9.17) is 4.52 Å². The fourth-order valence-electron chi connectivity index (χ4n) is 4.10. The molecule has 1 aliphatic heterocycles. The second kappa shape index (κ2) is 9.59. The van der Waals surface area contributed by atoms with Crippen molar-refractivity contribution < 1.29 is 17.7 Å². The summed E-state index contributed by atoms with van der Waals surface area (Å²) in [6.07, 6.45) is 1.28. The number of hydrogen-bond donors (Lipinski definition) is 1. The molecule has 1 atom stereocenters. The molecular weight excluding hydrogens is 472 g/mol. The van der Waals surface area contributed by atoms with Gasteiger partial charge in [0.15, 0.2) is 0 Å². The average Bonchev–Trinajstić information content (AvgIpc) is 3.43. The third-order valence-corrected chi connectivity index (χ3v) is 9.21. The number of aryl methyl sites for hydroxylation is 3. The second-order valence-corrected chi connectivity index (χ2v) is 12.3. The molecule has 1 aliphatic rings. The molecular formula is C24H30N4O4S2. The number of thiophene rings is 1. The van der Waals surface area contributed by atoms with Gasteiger partial charge in [-0.2, -0.15) is 9.29 Å². The first-order valence-electron chi connectivity index (χ1n) is 11.4. The highest BCUT2D eigenvalue weighted by Gasteiger charge is 2.35. The number of carbonyl (C=O) groups is 1. The summed E-state index contributed by atoms with van der Waals surface area (Å²) in [5, 5.41) is 6.99. The molecule has 2 aromatic heterocycles. The third-order valence-electron chi connectivity index (χ3n) is 6.04. The van der Waals surface area contributed by atoms with Crippen molar-refractivity contribution in [3.05, 3.63) is 46.2 Å². The van der Waals surface area contributed by atoms with Crippen LogP contribution in [0.5, 0.6) is 0 Å². The van der Waals surface area contributed by atoms with Crippen LogP contribution < -0.4 is 5.32 Å². The van der Waals surface area contributed by atoms with Crippen LogP contribution in [0.4, 0.5) is 5.69 Å². The molecule has 0 radical (unpaired) electrons. The molecule has 3 heterocycles. The zero-order valence-corrected chi connectivity index (χ0v) is 21.7. The third kappa shape index (κ3) is 4.94. The number of amides is 1. The molecule has 0 spiro atoms. The summed E-state index contributed by atoms with van der Waals surface area (Å²) in [6, 6.07) is 7.46. The van der Waals surface area contributed by atoms with Crippen molar-refractivity contribution in [1.29, 1.82) is 0 Å². The Labute approximate surface area is 204 Å². The minimum Gasteiger partial charge on any atom is -0.339 e. The van der Waals surface area contributed by atoms with Crippen LogP contribution in [0.2, 0.25) is 0 Å². The lowest BCUT2D eigenvalue weighted by atomic mass is 9.98. The van der Waals surface area contributed by atoms with Gasteiger partial charge in [0.25, 0.3) is 0 Å². The highest BCUT2D eigenvalue weighted by molar-refractivity contribution is 7.89. The topological polar surface area (TPSA) is 105 Å². The summed E-state index contributed by atoms with van der Waals surface area (Å²) in [5.74, 6) is 0.434. The Morgan fingerprint density at radius 2 is 2.00 bits per heavy atom. The summed E-state index contributed by atoms with van der Waals surface area (Å²) in [4.78, 5) is 18.9. The average molecular weight is 503 g/mol. The molecule has 10 heteroatoms. The predicted octanol–water partition coefficient (Wildman–Crippen LogP) is 4.89. The highest BCUT2D eigenvalue weighted by Crippen LogP contribution is 2.35. The van der Waals surface area contributed by atoms with Gasteiger partial charge in [-0.1, -0.05) is 36.7 Å². The zero-order valence-electron chi connectivity index (χ0n) is 20.1. The molecule has 8 nitrogen and oxygen atoms in total. The van der Waals surface area contributed by atoms with Crippen molar-refractivity contribution in [1.82, 2.24) is 14.4 Å². The van der Waals surface area contributed by atoms with Gasteiger partial charge in [-0.05, 0) is 51.3 Å². The predicted molar refractivity (Wildman–Crippen MR) is 132 cm³/mol. The van der Waals surface area contributed by atoms with E-state index in [2.05, 4.69) is 15.5 Å². The number of benzene rings is 1. The quantitative estimate of drug-likeness (QED) is 0.515. The van der Waals surface area contributed by atoms with Gasteiger partial charge in [-0.3, -0.25) is 4.79 Å². The summed E-state index contributed by atoms with van der Waals surface area (Å²) in [7, 11) is -3.76. The number of rotatable bonds is 6. The molecule has 1 aromatic carbocycles. The van der Waals surface area contributed by atoms with E-state index in [-0.39, 0.29) is 23.3 Å². The standard InChI is InChI=1S/C24H30N4O4S2/c1-14(2)24-26-22(27-32-24)20-12-21(17(5)33-20)34(30,31)28-10-6-7-18(13-28)23(29)25-19-9-8-15(3)11-16(19)4/h8-9,11-12,14,18H,6-7,10,13H2,1-5H3,(H,25,29)/t18-/m1/s1. The van der Waals surface area contributed by atoms with Gasteiger partial charge >= 0.3 is 0 Å². The van der Waals surface area contributed by atoms with Gasteiger partial charge in [-0.25, -0.2) is 8.42 Å². The smallest absolute Gasteiger partial charge is 0.244 e. The molecule has 0 unspecified atom stereocenters. The van der Waals surface area contributed by atoms with Crippen LogP contribution in [0, 0.1) is 26.7 Å². The van der Waals surface area contributed by atoms with E-state index in [9.17, 15) is 13.2 Å². The lowest BCUT2D eigenvalue weighted by molar-refractivity contribution is -0.120. The number of sulfonamides is 1. The first kappa shape index (κ1) is 24.6. The van der Waals surface area contributed by atoms with Crippen LogP contribution in [-0.2, 0) is 14.8 Å². The Kier molecular flexibility index (Phi) is 6.93. The number of anilines is 1. The summed E-state index contributed by atoms with van der Waals surface area (Å²) < 4.78 is 33.7. The molecule has 182 valence electrons. The summed E-state index contributed by atoms with van der Waals surface area (Å²) in [6.45, 7) is 10.2. The highest BCUT2D eigenvalue weighted by atomic mass is 32.2. The molecule has 34 heavy (non-hydrogen) atoms. The van der Waals surface area contributed by atoms with E-state index in [1.165, 1.54) is 15.6 Å². The number of hydrogen-bond acceptors (Lipinski definition) is 7. The van der Waals surface area contributed by atoms with Crippen molar-refractivity contribution in [3.63, 3.8) is 0 Å². The van der Waals surface area contributed by atoms with Crippen LogP contribution in [0.15, 0.2) is 33.7 Å². The van der Waals surface area contributed by atoms with Gasteiger partial charge in [-0.15, -0.1) is 11.3 Å².